The van der Waals surface area contributed by atoms with Crippen LogP contribution < -0.4 is 10.0 Å². The Bertz CT molecular complexity index is 545. The molecule has 4 nitrogen and oxygen atoms in total. The van der Waals surface area contributed by atoms with Crippen molar-refractivity contribution in [2.45, 2.75) is 31.8 Å². The SMILES string of the molecule is CCNCc1cccc(CS(=O)(=O)NCCC(F)(F)F)c1. The smallest absolute Gasteiger partial charge is 0.313 e. The molecule has 21 heavy (non-hydrogen) atoms. The molecule has 1 rings (SSSR count). The van der Waals surface area contributed by atoms with Crippen LogP contribution in [0.3, 0.4) is 0 Å². The Morgan fingerprint density at radius 1 is 1.19 bits per heavy atom. The third-order valence-corrected chi connectivity index (χ3v) is 4.01. The van der Waals surface area contributed by atoms with Crippen LogP contribution in [0.25, 0.3) is 0 Å². The molecule has 0 spiro atoms. The van der Waals surface area contributed by atoms with Gasteiger partial charge in [-0.1, -0.05) is 31.2 Å². The van der Waals surface area contributed by atoms with Crippen LogP contribution in [0, 0.1) is 0 Å². The summed E-state index contributed by atoms with van der Waals surface area (Å²) in [7, 11) is -3.76. The molecular weight excluding hydrogens is 305 g/mol. The van der Waals surface area contributed by atoms with E-state index in [-0.39, 0.29) is 5.75 Å². The van der Waals surface area contributed by atoms with Crippen molar-refractivity contribution in [3.63, 3.8) is 0 Å². The van der Waals surface area contributed by atoms with E-state index in [2.05, 4.69) is 5.32 Å². The van der Waals surface area contributed by atoms with Crippen LogP contribution in [0.5, 0.6) is 0 Å². The average molecular weight is 324 g/mol. The van der Waals surface area contributed by atoms with Crippen molar-refractivity contribution in [3.8, 4) is 0 Å². The Labute approximate surface area is 122 Å². The van der Waals surface area contributed by atoms with Crippen LogP contribution in [0.15, 0.2) is 24.3 Å². The number of halogens is 3. The van der Waals surface area contributed by atoms with E-state index in [0.29, 0.717) is 12.1 Å². The third kappa shape index (κ3) is 8.03. The molecule has 0 fully saturated rings. The normalized spacial score (nSPS) is 12.6. The number of benzene rings is 1. The zero-order valence-corrected chi connectivity index (χ0v) is 12.5. The number of hydrogen-bond acceptors (Lipinski definition) is 3. The molecule has 0 saturated heterocycles. The molecule has 0 unspecified atom stereocenters. The van der Waals surface area contributed by atoms with Gasteiger partial charge in [-0.05, 0) is 17.7 Å². The highest BCUT2D eigenvalue weighted by Crippen LogP contribution is 2.18. The molecule has 0 radical (unpaired) electrons. The summed E-state index contributed by atoms with van der Waals surface area (Å²) in [5, 5.41) is 3.12. The number of sulfonamides is 1. The van der Waals surface area contributed by atoms with Gasteiger partial charge in [-0.3, -0.25) is 0 Å². The maximum atomic E-state index is 12.0. The van der Waals surface area contributed by atoms with Crippen molar-refractivity contribution in [3.05, 3.63) is 35.4 Å². The Balaban J connectivity index is 2.58. The van der Waals surface area contributed by atoms with Crippen LogP contribution in [0.4, 0.5) is 13.2 Å². The lowest BCUT2D eigenvalue weighted by molar-refractivity contribution is -0.132. The predicted molar refractivity (Wildman–Crippen MR) is 75.1 cm³/mol. The van der Waals surface area contributed by atoms with E-state index in [1.165, 1.54) is 0 Å². The van der Waals surface area contributed by atoms with Crippen molar-refractivity contribution < 1.29 is 21.6 Å². The fourth-order valence-corrected chi connectivity index (χ4v) is 2.85. The first kappa shape index (κ1) is 17.9. The van der Waals surface area contributed by atoms with E-state index in [0.717, 1.165) is 12.1 Å². The highest BCUT2D eigenvalue weighted by atomic mass is 32.2. The summed E-state index contributed by atoms with van der Waals surface area (Å²) >= 11 is 0. The van der Waals surface area contributed by atoms with Gasteiger partial charge in [-0.15, -0.1) is 0 Å². The molecule has 0 aliphatic heterocycles. The van der Waals surface area contributed by atoms with Crippen molar-refractivity contribution >= 4 is 10.0 Å². The monoisotopic (exact) mass is 324 g/mol. The number of nitrogens with one attached hydrogen (secondary N) is 2. The quantitative estimate of drug-likeness (QED) is 0.770. The van der Waals surface area contributed by atoms with E-state index < -0.39 is 29.2 Å². The molecule has 0 aliphatic carbocycles. The Morgan fingerprint density at radius 3 is 2.48 bits per heavy atom. The molecule has 8 heteroatoms. The third-order valence-electron chi connectivity index (χ3n) is 2.66. The first-order valence-electron chi connectivity index (χ1n) is 6.54. The van der Waals surface area contributed by atoms with Crippen molar-refractivity contribution in [1.82, 2.24) is 10.0 Å². The second-order valence-corrected chi connectivity index (χ2v) is 6.43. The average Bonchev–Trinajstić information content (AvgIpc) is 2.34. The lowest BCUT2D eigenvalue weighted by Crippen LogP contribution is -2.29. The van der Waals surface area contributed by atoms with Crippen LogP contribution in [0.1, 0.15) is 24.5 Å². The standard InChI is InChI=1S/C13H19F3N2O2S/c1-2-17-9-11-4-3-5-12(8-11)10-21(19,20)18-7-6-13(14,15)16/h3-5,8,17-18H,2,6-7,9-10H2,1H3. The Hall–Kier alpha value is -1.12. The minimum atomic E-state index is -4.37. The van der Waals surface area contributed by atoms with Gasteiger partial charge in [-0.2, -0.15) is 13.2 Å². The van der Waals surface area contributed by atoms with Gasteiger partial charge >= 0.3 is 6.18 Å². The molecule has 0 atom stereocenters. The summed E-state index contributed by atoms with van der Waals surface area (Å²) in [4.78, 5) is 0. The van der Waals surface area contributed by atoms with Crippen LogP contribution in [-0.4, -0.2) is 27.7 Å². The largest absolute Gasteiger partial charge is 0.390 e. The first-order chi connectivity index (χ1) is 9.72. The second-order valence-electron chi connectivity index (χ2n) is 4.62. The molecule has 1 aromatic rings. The Kier molecular flexibility index (Phi) is 6.63. The lowest BCUT2D eigenvalue weighted by Gasteiger charge is -2.10. The van der Waals surface area contributed by atoms with Gasteiger partial charge in [-0.25, -0.2) is 13.1 Å². The molecule has 0 heterocycles. The van der Waals surface area contributed by atoms with Crippen LogP contribution in [-0.2, 0) is 22.3 Å². The second kappa shape index (κ2) is 7.77. The van der Waals surface area contributed by atoms with E-state index >= 15 is 0 Å². The van der Waals surface area contributed by atoms with Crippen molar-refractivity contribution in [2.75, 3.05) is 13.1 Å². The van der Waals surface area contributed by atoms with E-state index in [1.54, 1.807) is 18.2 Å². The van der Waals surface area contributed by atoms with Gasteiger partial charge in [0.15, 0.2) is 0 Å². The molecule has 0 amide bonds. The van der Waals surface area contributed by atoms with E-state index in [1.807, 2.05) is 17.7 Å². The summed E-state index contributed by atoms with van der Waals surface area (Å²) < 4.78 is 61.4. The van der Waals surface area contributed by atoms with Gasteiger partial charge in [0, 0.05) is 13.1 Å². The summed E-state index contributed by atoms with van der Waals surface area (Å²) in [5.74, 6) is -0.329. The molecule has 0 bridgehead atoms. The highest BCUT2D eigenvalue weighted by molar-refractivity contribution is 7.88. The van der Waals surface area contributed by atoms with Crippen molar-refractivity contribution in [1.29, 1.82) is 0 Å². The summed E-state index contributed by atoms with van der Waals surface area (Å²) in [5.41, 5.74) is 1.48. The van der Waals surface area contributed by atoms with Crippen LogP contribution in [0.2, 0.25) is 0 Å². The van der Waals surface area contributed by atoms with E-state index in [4.69, 9.17) is 0 Å². The minimum Gasteiger partial charge on any atom is -0.313 e. The Morgan fingerprint density at radius 2 is 1.86 bits per heavy atom. The van der Waals surface area contributed by atoms with Crippen LogP contribution >= 0.6 is 0 Å². The predicted octanol–water partition coefficient (Wildman–Crippen LogP) is 2.17. The number of rotatable bonds is 8. The highest BCUT2D eigenvalue weighted by Gasteiger charge is 2.27. The van der Waals surface area contributed by atoms with Crippen molar-refractivity contribution in [2.24, 2.45) is 0 Å². The molecule has 1 aromatic carbocycles. The molecular formula is C13H19F3N2O2S. The first-order valence-corrected chi connectivity index (χ1v) is 8.20. The molecule has 0 aromatic heterocycles. The molecule has 120 valence electrons. The topological polar surface area (TPSA) is 58.2 Å². The summed E-state index contributed by atoms with van der Waals surface area (Å²) in [6.45, 7) is 2.73. The molecule has 0 saturated carbocycles. The maximum absolute atomic E-state index is 12.0. The van der Waals surface area contributed by atoms with E-state index in [9.17, 15) is 21.6 Å². The summed E-state index contributed by atoms with van der Waals surface area (Å²) in [6, 6.07) is 6.95. The zero-order chi connectivity index (χ0) is 15.9. The zero-order valence-electron chi connectivity index (χ0n) is 11.7. The fraction of sp³-hybridized carbons (Fsp3) is 0.538. The lowest BCUT2D eigenvalue weighted by atomic mass is 10.1. The fourth-order valence-electron chi connectivity index (χ4n) is 1.72. The van der Waals surface area contributed by atoms with Gasteiger partial charge in [0.2, 0.25) is 10.0 Å². The van der Waals surface area contributed by atoms with Gasteiger partial charge in [0.05, 0.1) is 12.2 Å². The number of alkyl halides is 3. The van der Waals surface area contributed by atoms with Gasteiger partial charge < -0.3 is 5.32 Å². The van der Waals surface area contributed by atoms with Gasteiger partial charge in [0.1, 0.15) is 0 Å². The molecule has 0 aliphatic rings. The number of hydrogen-bond donors (Lipinski definition) is 2. The minimum absolute atomic E-state index is 0.329. The van der Waals surface area contributed by atoms with Gasteiger partial charge in [0.25, 0.3) is 0 Å². The maximum Gasteiger partial charge on any atom is 0.390 e. The summed E-state index contributed by atoms with van der Waals surface area (Å²) in [6.07, 6.45) is -5.54. The molecule has 2 N–H and O–H groups in total.